The number of nitrogens with zero attached hydrogens (tertiary/aromatic N) is 2. The zero-order chi connectivity index (χ0) is 17.8. The van der Waals surface area contributed by atoms with Crippen LogP contribution in [0.3, 0.4) is 0 Å². The molecule has 6 nitrogen and oxygen atoms in total. The number of carbonyl (C=O) groups excluding carboxylic acids is 1. The molecule has 0 saturated heterocycles. The van der Waals surface area contributed by atoms with Gasteiger partial charge in [0.05, 0.1) is 21.7 Å². The van der Waals surface area contributed by atoms with Gasteiger partial charge in [0.1, 0.15) is 0 Å². The highest BCUT2D eigenvalue weighted by atomic mass is 35.5. The number of anilines is 1. The van der Waals surface area contributed by atoms with Gasteiger partial charge in [-0.05, 0) is 34.6 Å². The van der Waals surface area contributed by atoms with E-state index in [0.29, 0.717) is 21.4 Å². The SMILES string of the molecule is O=C(CSc1c([O-])on[n+]1-c1ccccc1)Nc1ccc(Cl)cc1Cl. The first-order valence-corrected chi connectivity index (χ1v) is 8.81. The van der Waals surface area contributed by atoms with Crippen LogP contribution in [0.15, 0.2) is 58.1 Å². The highest BCUT2D eigenvalue weighted by Crippen LogP contribution is 2.27. The molecule has 0 unspecified atom stereocenters. The number of thioether (sulfide) groups is 1. The molecule has 25 heavy (non-hydrogen) atoms. The van der Waals surface area contributed by atoms with Crippen molar-refractivity contribution in [3.8, 4) is 11.6 Å². The van der Waals surface area contributed by atoms with E-state index >= 15 is 0 Å². The van der Waals surface area contributed by atoms with Crippen LogP contribution in [-0.2, 0) is 4.79 Å². The predicted octanol–water partition coefficient (Wildman–Crippen LogP) is 3.06. The van der Waals surface area contributed by atoms with Crippen LogP contribution in [0.5, 0.6) is 5.95 Å². The Labute approximate surface area is 157 Å². The molecule has 2 aromatic carbocycles. The van der Waals surface area contributed by atoms with E-state index in [1.54, 1.807) is 24.3 Å². The van der Waals surface area contributed by atoms with E-state index in [9.17, 15) is 9.90 Å². The van der Waals surface area contributed by atoms with E-state index in [4.69, 9.17) is 27.7 Å². The number of nitrogens with one attached hydrogen (secondary N) is 1. The number of rotatable bonds is 5. The first kappa shape index (κ1) is 17.6. The Kier molecular flexibility index (Phi) is 5.47. The zero-order valence-electron chi connectivity index (χ0n) is 12.6. The van der Waals surface area contributed by atoms with Crippen molar-refractivity contribution in [1.82, 2.24) is 5.27 Å². The summed E-state index contributed by atoms with van der Waals surface area (Å²) in [6.45, 7) is 0. The number of benzene rings is 2. The number of para-hydroxylation sites is 1. The molecule has 0 spiro atoms. The summed E-state index contributed by atoms with van der Waals surface area (Å²) in [7, 11) is 0. The van der Waals surface area contributed by atoms with Gasteiger partial charge in [0.15, 0.2) is 5.95 Å². The maximum Gasteiger partial charge on any atom is 0.298 e. The molecule has 0 fully saturated rings. The molecule has 0 saturated carbocycles. The van der Waals surface area contributed by atoms with Gasteiger partial charge in [-0.2, -0.15) is 0 Å². The smallest absolute Gasteiger partial charge is 0.298 e. The quantitative estimate of drug-likeness (QED) is 0.530. The fraction of sp³-hybridized carbons (Fsp3) is 0.0625. The molecule has 1 amide bonds. The summed E-state index contributed by atoms with van der Waals surface area (Å²) < 4.78 is 6.06. The summed E-state index contributed by atoms with van der Waals surface area (Å²) in [5, 5.41) is 19.2. The average molecular weight is 396 g/mol. The topological polar surface area (TPSA) is 82.1 Å². The lowest BCUT2D eigenvalue weighted by molar-refractivity contribution is -0.705. The van der Waals surface area contributed by atoms with Crippen molar-refractivity contribution in [2.24, 2.45) is 0 Å². The maximum atomic E-state index is 12.1. The van der Waals surface area contributed by atoms with Crippen molar-refractivity contribution in [2.45, 2.75) is 5.03 Å². The van der Waals surface area contributed by atoms with Gasteiger partial charge >= 0.3 is 0 Å². The van der Waals surface area contributed by atoms with Gasteiger partial charge in [0, 0.05) is 17.2 Å². The van der Waals surface area contributed by atoms with Crippen molar-refractivity contribution in [3.63, 3.8) is 0 Å². The molecule has 9 heteroatoms. The molecule has 1 heterocycles. The van der Waals surface area contributed by atoms with Gasteiger partial charge in [-0.1, -0.05) is 41.4 Å². The normalized spacial score (nSPS) is 10.6. The number of hydrogen-bond acceptors (Lipinski definition) is 5. The molecule has 0 aliphatic heterocycles. The minimum Gasteiger partial charge on any atom is -0.538 e. The van der Waals surface area contributed by atoms with E-state index in [0.717, 1.165) is 11.8 Å². The standard InChI is InChI=1S/C16H11Cl2N3O3S/c17-10-6-7-13(12(18)8-10)19-14(22)9-25-15-16(23)24-20-21(15)11-4-2-1-3-5-11/h1-8H,9H2,(H-,19,20,22,23). The van der Waals surface area contributed by atoms with E-state index in [1.165, 1.54) is 10.7 Å². The summed E-state index contributed by atoms with van der Waals surface area (Å²) in [4.78, 5) is 12.1. The molecule has 1 N–H and O–H groups in total. The molecule has 128 valence electrons. The van der Waals surface area contributed by atoms with Crippen molar-refractivity contribution in [3.05, 3.63) is 58.6 Å². The van der Waals surface area contributed by atoms with Crippen LogP contribution in [0.2, 0.25) is 10.0 Å². The number of hydrogen-bond donors (Lipinski definition) is 1. The Morgan fingerprint density at radius 3 is 2.72 bits per heavy atom. The molecule has 3 aromatic rings. The molecule has 0 atom stereocenters. The second-order valence-corrected chi connectivity index (χ2v) is 6.68. The van der Waals surface area contributed by atoms with Crippen LogP contribution in [0, 0.1) is 0 Å². The fourth-order valence-electron chi connectivity index (χ4n) is 2.01. The summed E-state index contributed by atoms with van der Waals surface area (Å²) >= 11 is 12.9. The molecule has 0 radical (unpaired) electrons. The Bertz CT molecular complexity index is 903. The van der Waals surface area contributed by atoms with Crippen LogP contribution < -0.4 is 15.1 Å². The van der Waals surface area contributed by atoms with Crippen molar-refractivity contribution in [2.75, 3.05) is 11.1 Å². The van der Waals surface area contributed by atoms with Crippen molar-refractivity contribution < 1.29 is 19.1 Å². The minimum absolute atomic E-state index is 0.0117. The third-order valence-corrected chi connectivity index (χ3v) is 4.69. The molecule has 1 aromatic heterocycles. The van der Waals surface area contributed by atoms with Gasteiger partial charge < -0.3 is 14.9 Å². The average Bonchev–Trinajstić information content (AvgIpc) is 2.97. The van der Waals surface area contributed by atoms with E-state index < -0.39 is 5.95 Å². The second-order valence-electron chi connectivity index (χ2n) is 4.87. The maximum absolute atomic E-state index is 12.1. The monoisotopic (exact) mass is 395 g/mol. The van der Waals surface area contributed by atoms with Crippen molar-refractivity contribution >= 4 is 46.6 Å². The second kappa shape index (κ2) is 7.77. The lowest BCUT2D eigenvalue weighted by Gasteiger charge is -2.06. The predicted molar refractivity (Wildman–Crippen MR) is 93.3 cm³/mol. The van der Waals surface area contributed by atoms with Gasteiger partial charge in [0.25, 0.3) is 5.03 Å². The minimum atomic E-state index is -0.605. The van der Waals surface area contributed by atoms with Gasteiger partial charge in [-0.15, -0.1) is 0 Å². The van der Waals surface area contributed by atoms with Crippen LogP contribution in [0.25, 0.3) is 5.69 Å². The highest BCUT2D eigenvalue weighted by Gasteiger charge is 2.22. The third-order valence-electron chi connectivity index (χ3n) is 3.12. The lowest BCUT2D eigenvalue weighted by atomic mass is 10.3. The summed E-state index contributed by atoms with van der Waals surface area (Å²) in [5.74, 6) is -0.942. The van der Waals surface area contributed by atoms with Gasteiger partial charge in [0.2, 0.25) is 11.6 Å². The Morgan fingerprint density at radius 2 is 2.00 bits per heavy atom. The van der Waals surface area contributed by atoms with Crippen LogP contribution in [0.1, 0.15) is 0 Å². The number of carbonyl (C=O) groups is 1. The molecule has 0 aliphatic rings. The fourth-order valence-corrected chi connectivity index (χ4v) is 3.22. The van der Waals surface area contributed by atoms with Crippen LogP contribution in [-0.4, -0.2) is 16.9 Å². The highest BCUT2D eigenvalue weighted by molar-refractivity contribution is 7.99. The first-order valence-electron chi connectivity index (χ1n) is 7.07. The van der Waals surface area contributed by atoms with Crippen molar-refractivity contribution in [1.29, 1.82) is 0 Å². The molecular weight excluding hydrogens is 385 g/mol. The molecule has 0 bridgehead atoms. The van der Waals surface area contributed by atoms with Crippen LogP contribution >= 0.6 is 35.0 Å². The lowest BCUT2D eigenvalue weighted by Crippen LogP contribution is -2.35. The first-order chi connectivity index (χ1) is 12.0. The van der Waals surface area contributed by atoms with Gasteiger partial charge in [-0.25, -0.2) is 0 Å². The number of aromatic nitrogens is 2. The van der Waals surface area contributed by atoms with Crippen LogP contribution in [0.4, 0.5) is 5.69 Å². The Hall–Kier alpha value is -2.22. The zero-order valence-corrected chi connectivity index (χ0v) is 14.9. The largest absolute Gasteiger partial charge is 0.538 e. The molecule has 0 aliphatic carbocycles. The van der Waals surface area contributed by atoms with E-state index in [2.05, 4.69) is 10.6 Å². The summed E-state index contributed by atoms with van der Waals surface area (Å²) in [6.07, 6.45) is 0. The summed E-state index contributed by atoms with van der Waals surface area (Å²) in [5.41, 5.74) is 1.11. The third kappa shape index (κ3) is 4.25. The van der Waals surface area contributed by atoms with Gasteiger partial charge in [-0.3, -0.25) is 4.79 Å². The number of halogens is 2. The van der Waals surface area contributed by atoms with E-state index in [-0.39, 0.29) is 16.7 Å². The summed E-state index contributed by atoms with van der Waals surface area (Å²) in [6, 6.07) is 13.8. The number of amides is 1. The molecular formula is C16H11Cl2N3O3S. The van der Waals surface area contributed by atoms with E-state index in [1.807, 2.05) is 18.2 Å². The molecule has 3 rings (SSSR count). The Balaban J connectivity index is 1.70. The Morgan fingerprint density at radius 1 is 1.24 bits per heavy atom.